The Labute approximate surface area is 120 Å². The maximum atomic E-state index is 11.1. The van der Waals surface area contributed by atoms with Crippen LogP contribution in [-0.2, 0) is 14.8 Å². The monoisotopic (exact) mass is 299 g/mol. The molecule has 1 saturated heterocycles. The highest BCUT2D eigenvalue weighted by molar-refractivity contribution is 7.92. The zero-order valence-electron chi connectivity index (χ0n) is 11.6. The molecule has 0 aliphatic carbocycles. The van der Waals surface area contributed by atoms with Crippen molar-refractivity contribution in [2.75, 3.05) is 55.7 Å². The van der Waals surface area contributed by atoms with Gasteiger partial charge in [-0.2, -0.15) is 0 Å². The topological polar surface area (TPSA) is 70.7 Å². The third-order valence-electron chi connectivity index (χ3n) is 3.05. The Hall–Kier alpha value is -1.31. The van der Waals surface area contributed by atoms with Crippen LogP contribution in [0.4, 0.5) is 11.4 Å². The lowest BCUT2D eigenvalue weighted by Gasteiger charge is -2.26. The van der Waals surface area contributed by atoms with E-state index in [1.807, 2.05) is 12.1 Å². The van der Waals surface area contributed by atoms with Crippen LogP contribution in [0.2, 0.25) is 0 Å². The molecule has 1 aromatic carbocycles. The predicted molar refractivity (Wildman–Crippen MR) is 80.7 cm³/mol. The number of nitrogens with zero attached hydrogens (tertiary/aromatic N) is 1. The molecular weight excluding hydrogens is 278 g/mol. The van der Waals surface area contributed by atoms with Crippen LogP contribution in [0.1, 0.15) is 0 Å². The summed E-state index contributed by atoms with van der Waals surface area (Å²) in [6.45, 7) is 5.43. The van der Waals surface area contributed by atoms with Gasteiger partial charge in [-0.25, -0.2) is 8.42 Å². The molecule has 0 aromatic heterocycles. The van der Waals surface area contributed by atoms with Gasteiger partial charge in [0.15, 0.2) is 0 Å². The van der Waals surface area contributed by atoms with Crippen LogP contribution in [0.15, 0.2) is 24.3 Å². The van der Waals surface area contributed by atoms with Gasteiger partial charge in [0.25, 0.3) is 0 Å². The van der Waals surface area contributed by atoms with Gasteiger partial charge in [0.2, 0.25) is 10.0 Å². The second kappa shape index (κ2) is 6.92. The molecule has 0 saturated carbocycles. The molecule has 1 aromatic rings. The largest absolute Gasteiger partial charge is 0.384 e. The molecule has 0 bridgehead atoms. The lowest BCUT2D eigenvalue weighted by Crippen LogP contribution is -2.38. The third-order valence-corrected chi connectivity index (χ3v) is 3.66. The third kappa shape index (κ3) is 5.36. The first-order valence-electron chi connectivity index (χ1n) is 6.65. The van der Waals surface area contributed by atoms with Gasteiger partial charge >= 0.3 is 0 Å². The molecule has 1 aliphatic rings. The number of hydrogen-bond donors (Lipinski definition) is 2. The first kappa shape index (κ1) is 15.1. The van der Waals surface area contributed by atoms with Crippen LogP contribution in [0, 0.1) is 0 Å². The summed E-state index contributed by atoms with van der Waals surface area (Å²) < 4.78 is 29.9. The summed E-state index contributed by atoms with van der Waals surface area (Å²) in [5.41, 5.74) is 1.56. The fourth-order valence-corrected chi connectivity index (χ4v) is 2.62. The van der Waals surface area contributed by atoms with Gasteiger partial charge < -0.3 is 10.1 Å². The zero-order chi connectivity index (χ0) is 14.4. The summed E-state index contributed by atoms with van der Waals surface area (Å²) in [6.07, 6.45) is 1.14. The molecule has 20 heavy (non-hydrogen) atoms. The van der Waals surface area contributed by atoms with E-state index in [2.05, 4.69) is 14.9 Å². The average Bonchev–Trinajstić information content (AvgIpc) is 2.40. The Kier molecular flexibility index (Phi) is 5.22. The van der Waals surface area contributed by atoms with E-state index in [-0.39, 0.29) is 0 Å². The van der Waals surface area contributed by atoms with Crippen LogP contribution in [-0.4, -0.2) is 59.0 Å². The first-order valence-corrected chi connectivity index (χ1v) is 8.54. The van der Waals surface area contributed by atoms with E-state index in [9.17, 15) is 8.42 Å². The van der Waals surface area contributed by atoms with Crippen molar-refractivity contribution in [3.05, 3.63) is 24.3 Å². The lowest BCUT2D eigenvalue weighted by atomic mass is 10.3. The molecule has 2 rings (SSSR count). The van der Waals surface area contributed by atoms with Gasteiger partial charge in [0.05, 0.1) is 19.5 Å². The van der Waals surface area contributed by atoms with E-state index in [1.54, 1.807) is 12.1 Å². The molecule has 112 valence electrons. The van der Waals surface area contributed by atoms with E-state index in [4.69, 9.17) is 4.74 Å². The fraction of sp³-hybridized carbons (Fsp3) is 0.538. The van der Waals surface area contributed by atoms with Crippen molar-refractivity contribution >= 4 is 21.4 Å². The van der Waals surface area contributed by atoms with Gasteiger partial charge in [0.1, 0.15) is 0 Å². The predicted octanol–water partition coefficient (Wildman–Crippen LogP) is 0.802. The summed E-state index contributed by atoms with van der Waals surface area (Å²) in [7, 11) is -3.21. The highest BCUT2D eigenvalue weighted by Crippen LogP contribution is 2.14. The Morgan fingerprint density at radius 2 is 1.75 bits per heavy atom. The van der Waals surface area contributed by atoms with Gasteiger partial charge in [-0.1, -0.05) is 0 Å². The molecule has 0 amide bonds. The van der Waals surface area contributed by atoms with Crippen LogP contribution in [0.5, 0.6) is 0 Å². The summed E-state index contributed by atoms with van der Waals surface area (Å²) in [4.78, 5) is 2.36. The molecule has 2 N–H and O–H groups in total. The zero-order valence-corrected chi connectivity index (χ0v) is 12.4. The van der Waals surface area contributed by atoms with E-state index < -0.39 is 10.0 Å². The van der Waals surface area contributed by atoms with Gasteiger partial charge in [-0.05, 0) is 24.3 Å². The minimum absolute atomic E-state index is 0.575. The molecule has 1 aliphatic heterocycles. The van der Waals surface area contributed by atoms with Crippen molar-refractivity contribution < 1.29 is 13.2 Å². The number of sulfonamides is 1. The van der Waals surface area contributed by atoms with Crippen molar-refractivity contribution in [3.63, 3.8) is 0 Å². The number of hydrogen-bond acceptors (Lipinski definition) is 5. The number of nitrogens with one attached hydrogen (secondary N) is 2. The van der Waals surface area contributed by atoms with Crippen LogP contribution < -0.4 is 10.0 Å². The molecular formula is C13H21N3O3S. The van der Waals surface area contributed by atoms with E-state index in [0.717, 1.165) is 51.3 Å². The van der Waals surface area contributed by atoms with Crippen molar-refractivity contribution in [3.8, 4) is 0 Å². The molecule has 6 nitrogen and oxygen atoms in total. The smallest absolute Gasteiger partial charge is 0.229 e. The Morgan fingerprint density at radius 3 is 2.35 bits per heavy atom. The Balaban J connectivity index is 1.76. The minimum atomic E-state index is -3.21. The second-order valence-electron chi connectivity index (χ2n) is 4.83. The normalized spacial score (nSPS) is 16.9. The second-order valence-corrected chi connectivity index (χ2v) is 6.58. The van der Waals surface area contributed by atoms with E-state index in [0.29, 0.717) is 5.69 Å². The molecule has 7 heteroatoms. The van der Waals surface area contributed by atoms with Crippen molar-refractivity contribution in [2.24, 2.45) is 0 Å². The molecule has 0 spiro atoms. The van der Waals surface area contributed by atoms with Crippen LogP contribution in [0.25, 0.3) is 0 Å². The fourth-order valence-electron chi connectivity index (χ4n) is 2.05. The summed E-state index contributed by atoms with van der Waals surface area (Å²) in [5.74, 6) is 0. The number of anilines is 2. The molecule has 1 heterocycles. The first-order chi connectivity index (χ1) is 9.53. The Bertz CT molecular complexity index is 510. The maximum absolute atomic E-state index is 11.1. The summed E-state index contributed by atoms with van der Waals surface area (Å²) >= 11 is 0. The molecule has 0 unspecified atom stereocenters. The summed E-state index contributed by atoms with van der Waals surface area (Å²) in [6, 6.07) is 7.23. The average molecular weight is 299 g/mol. The Morgan fingerprint density at radius 1 is 1.15 bits per heavy atom. The molecule has 0 radical (unpaired) electrons. The van der Waals surface area contributed by atoms with Gasteiger partial charge in [-0.3, -0.25) is 9.62 Å². The number of benzene rings is 1. The van der Waals surface area contributed by atoms with Crippen LogP contribution in [0.3, 0.4) is 0 Å². The van der Waals surface area contributed by atoms with Crippen molar-refractivity contribution in [1.82, 2.24) is 4.90 Å². The van der Waals surface area contributed by atoms with Crippen molar-refractivity contribution in [2.45, 2.75) is 0 Å². The highest BCUT2D eigenvalue weighted by atomic mass is 32.2. The SMILES string of the molecule is CS(=O)(=O)Nc1ccc(NCCN2CCOCC2)cc1. The quantitative estimate of drug-likeness (QED) is 0.813. The van der Waals surface area contributed by atoms with Crippen molar-refractivity contribution in [1.29, 1.82) is 0 Å². The molecule has 0 atom stereocenters. The maximum Gasteiger partial charge on any atom is 0.229 e. The van der Waals surface area contributed by atoms with Crippen LogP contribution >= 0.6 is 0 Å². The van der Waals surface area contributed by atoms with E-state index >= 15 is 0 Å². The lowest BCUT2D eigenvalue weighted by molar-refractivity contribution is 0.0398. The minimum Gasteiger partial charge on any atom is -0.384 e. The highest BCUT2D eigenvalue weighted by Gasteiger charge is 2.09. The van der Waals surface area contributed by atoms with Gasteiger partial charge in [0, 0.05) is 37.6 Å². The van der Waals surface area contributed by atoms with Gasteiger partial charge in [-0.15, -0.1) is 0 Å². The number of rotatable bonds is 6. The molecule has 1 fully saturated rings. The number of ether oxygens (including phenoxy) is 1. The summed E-state index contributed by atoms with van der Waals surface area (Å²) in [5, 5.41) is 3.32. The number of morpholine rings is 1. The van der Waals surface area contributed by atoms with E-state index in [1.165, 1.54) is 0 Å². The standard InChI is InChI=1S/C13H21N3O3S/c1-20(17,18)15-13-4-2-12(3-5-13)14-6-7-16-8-10-19-11-9-16/h2-5,14-15H,6-11H2,1H3.